The number of anilines is 2. The fraction of sp³-hybridized carbons (Fsp3) is 0.412. The minimum atomic E-state index is 0.891. The van der Waals surface area contributed by atoms with E-state index in [9.17, 15) is 0 Å². The average molecular weight is 365 g/mol. The van der Waals surface area contributed by atoms with Crippen LogP contribution >= 0.6 is 27.3 Å². The van der Waals surface area contributed by atoms with Crippen LogP contribution < -0.4 is 10.2 Å². The van der Waals surface area contributed by atoms with Crippen molar-refractivity contribution in [2.24, 2.45) is 0 Å². The van der Waals surface area contributed by atoms with E-state index in [4.69, 9.17) is 0 Å². The quantitative estimate of drug-likeness (QED) is 0.778. The Labute approximate surface area is 139 Å². The Morgan fingerprint density at radius 2 is 1.95 bits per heavy atom. The summed E-state index contributed by atoms with van der Waals surface area (Å²) >= 11 is 5.45. The van der Waals surface area contributed by atoms with Gasteiger partial charge in [0.15, 0.2) is 0 Å². The van der Waals surface area contributed by atoms with E-state index in [1.54, 1.807) is 0 Å². The highest BCUT2D eigenvalue weighted by atomic mass is 79.9. The summed E-state index contributed by atoms with van der Waals surface area (Å²) in [5, 5.41) is 3.62. The Morgan fingerprint density at radius 1 is 1.19 bits per heavy atom. The first kappa shape index (κ1) is 14.9. The molecule has 0 radical (unpaired) electrons. The predicted molar refractivity (Wildman–Crippen MR) is 96.6 cm³/mol. The number of aryl methyl sites for hydroxylation is 1. The zero-order chi connectivity index (χ0) is 14.7. The van der Waals surface area contributed by atoms with Gasteiger partial charge in [0.2, 0.25) is 0 Å². The lowest BCUT2D eigenvalue weighted by molar-refractivity contribution is 0.578. The lowest BCUT2D eigenvalue weighted by Gasteiger charge is -2.30. The van der Waals surface area contributed by atoms with E-state index < -0.39 is 0 Å². The Kier molecular flexibility index (Phi) is 4.86. The number of hydrogen-bond donors (Lipinski definition) is 1. The van der Waals surface area contributed by atoms with Gasteiger partial charge in [-0.1, -0.05) is 12.1 Å². The fourth-order valence-corrected chi connectivity index (χ4v) is 4.36. The summed E-state index contributed by atoms with van der Waals surface area (Å²) < 4.78 is 1.22. The molecule has 1 fully saturated rings. The van der Waals surface area contributed by atoms with Gasteiger partial charge in [-0.15, -0.1) is 11.3 Å². The molecule has 1 saturated heterocycles. The van der Waals surface area contributed by atoms with E-state index in [1.807, 2.05) is 11.3 Å². The number of piperidine rings is 1. The third-order valence-electron chi connectivity index (χ3n) is 3.96. The third-order valence-corrected chi connectivity index (χ3v) is 6.10. The average Bonchev–Trinajstić information content (AvgIpc) is 2.85. The lowest BCUT2D eigenvalue weighted by atomic mass is 10.1. The van der Waals surface area contributed by atoms with Crippen LogP contribution in [0.2, 0.25) is 0 Å². The molecule has 4 heteroatoms. The van der Waals surface area contributed by atoms with Crippen molar-refractivity contribution in [2.45, 2.75) is 32.7 Å². The van der Waals surface area contributed by atoms with Gasteiger partial charge in [0.1, 0.15) is 0 Å². The second-order valence-corrected chi connectivity index (χ2v) is 7.73. The van der Waals surface area contributed by atoms with E-state index >= 15 is 0 Å². The number of hydrogen-bond acceptors (Lipinski definition) is 3. The van der Waals surface area contributed by atoms with Crippen molar-refractivity contribution in [1.29, 1.82) is 0 Å². The Bertz CT molecular complexity index is 583. The van der Waals surface area contributed by atoms with Gasteiger partial charge >= 0.3 is 0 Å². The second-order valence-electron chi connectivity index (χ2n) is 5.54. The molecule has 1 N–H and O–H groups in total. The predicted octanol–water partition coefficient (Wildman–Crippen LogP) is 5.42. The SMILES string of the molecule is Cc1sc(CNc2ccccc2N2CCCCC2)cc1Br. The van der Waals surface area contributed by atoms with Crippen LogP contribution in [0.5, 0.6) is 0 Å². The molecule has 0 amide bonds. The molecule has 0 spiro atoms. The molecule has 0 bridgehead atoms. The van der Waals surface area contributed by atoms with E-state index in [1.165, 1.54) is 58.0 Å². The molecule has 1 aliphatic heterocycles. The molecule has 3 rings (SSSR count). The van der Waals surface area contributed by atoms with Crippen molar-refractivity contribution in [1.82, 2.24) is 0 Å². The van der Waals surface area contributed by atoms with Crippen molar-refractivity contribution in [3.63, 3.8) is 0 Å². The van der Waals surface area contributed by atoms with Gasteiger partial charge in [-0.25, -0.2) is 0 Å². The fourth-order valence-electron chi connectivity index (χ4n) is 2.82. The Morgan fingerprint density at radius 3 is 2.67 bits per heavy atom. The Balaban J connectivity index is 1.72. The first-order chi connectivity index (χ1) is 10.2. The molecule has 21 heavy (non-hydrogen) atoms. The zero-order valence-corrected chi connectivity index (χ0v) is 14.8. The molecule has 1 aromatic heterocycles. The molecule has 112 valence electrons. The minimum Gasteiger partial charge on any atom is -0.378 e. The van der Waals surface area contributed by atoms with Crippen molar-refractivity contribution >= 4 is 38.6 Å². The largest absolute Gasteiger partial charge is 0.378 e. The summed E-state index contributed by atoms with van der Waals surface area (Å²) in [7, 11) is 0. The maximum absolute atomic E-state index is 3.62. The molecule has 0 unspecified atom stereocenters. The molecular formula is C17H21BrN2S. The molecule has 0 saturated carbocycles. The van der Waals surface area contributed by atoms with Gasteiger partial charge in [0.05, 0.1) is 11.4 Å². The van der Waals surface area contributed by atoms with Crippen LogP contribution in [0.25, 0.3) is 0 Å². The third kappa shape index (κ3) is 3.61. The Hall–Kier alpha value is -1.00. The van der Waals surface area contributed by atoms with E-state index in [0.29, 0.717) is 0 Å². The molecule has 1 aromatic carbocycles. The standard InChI is InChI=1S/C17H21BrN2S/c1-13-15(18)11-14(21-13)12-19-16-7-3-4-8-17(16)20-9-5-2-6-10-20/h3-4,7-8,11,19H,2,5-6,9-10,12H2,1H3. The maximum Gasteiger partial charge on any atom is 0.0602 e. The van der Waals surface area contributed by atoms with E-state index in [-0.39, 0.29) is 0 Å². The van der Waals surface area contributed by atoms with Crippen LogP contribution in [0.4, 0.5) is 11.4 Å². The molecule has 0 atom stereocenters. The van der Waals surface area contributed by atoms with Gasteiger partial charge in [0, 0.05) is 33.9 Å². The molecule has 0 aliphatic carbocycles. The number of para-hydroxylation sites is 2. The number of halogens is 1. The van der Waals surface area contributed by atoms with E-state index in [2.05, 4.69) is 63.4 Å². The summed E-state index contributed by atoms with van der Waals surface area (Å²) in [6, 6.07) is 10.9. The van der Waals surface area contributed by atoms with Crippen LogP contribution in [0.1, 0.15) is 29.0 Å². The monoisotopic (exact) mass is 364 g/mol. The van der Waals surface area contributed by atoms with E-state index in [0.717, 1.165) is 6.54 Å². The van der Waals surface area contributed by atoms with Crippen molar-refractivity contribution in [3.05, 3.63) is 44.6 Å². The van der Waals surface area contributed by atoms with Crippen molar-refractivity contribution in [2.75, 3.05) is 23.3 Å². The van der Waals surface area contributed by atoms with Crippen LogP contribution in [0.3, 0.4) is 0 Å². The first-order valence-electron chi connectivity index (χ1n) is 7.57. The highest BCUT2D eigenvalue weighted by molar-refractivity contribution is 9.10. The number of thiophene rings is 1. The van der Waals surface area contributed by atoms with Crippen LogP contribution in [-0.2, 0) is 6.54 Å². The van der Waals surface area contributed by atoms with Gasteiger partial charge in [-0.05, 0) is 60.3 Å². The lowest BCUT2D eigenvalue weighted by Crippen LogP contribution is -2.30. The zero-order valence-electron chi connectivity index (χ0n) is 12.4. The summed E-state index contributed by atoms with van der Waals surface area (Å²) in [5.74, 6) is 0. The number of nitrogens with one attached hydrogen (secondary N) is 1. The molecule has 2 nitrogen and oxygen atoms in total. The van der Waals surface area contributed by atoms with Crippen LogP contribution in [0.15, 0.2) is 34.8 Å². The number of benzene rings is 1. The molecule has 2 heterocycles. The molecule has 1 aliphatic rings. The number of rotatable bonds is 4. The maximum atomic E-state index is 3.62. The van der Waals surface area contributed by atoms with Gasteiger partial charge in [-0.2, -0.15) is 0 Å². The summed E-state index contributed by atoms with van der Waals surface area (Å²) in [4.78, 5) is 5.23. The minimum absolute atomic E-state index is 0.891. The van der Waals surface area contributed by atoms with Crippen molar-refractivity contribution in [3.8, 4) is 0 Å². The first-order valence-corrected chi connectivity index (χ1v) is 9.17. The topological polar surface area (TPSA) is 15.3 Å². The second kappa shape index (κ2) is 6.84. The highest BCUT2D eigenvalue weighted by Gasteiger charge is 2.14. The smallest absolute Gasteiger partial charge is 0.0602 e. The van der Waals surface area contributed by atoms with Crippen molar-refractivity contribution < 1.29 is 0 Å². The summed E-state index contributed by atoms with van der Waals surface area (Å²) in [6.07, 6.45) is 3.99. The van der Waals surface area contributed by atoms with Crippen LogP contribution in [0, 0.1) is 6.92 Å². The van der Waals surface area contributed by atoms with Crippen LogP contribution in [-0.4, -0.2) is 13.1 Å². The van der Waals surface area contributed by atoms with Gasteiger partial charge < -0.3 is 10.2 Å². The number of nitrogens with zero attached hydrogens (tertiary/aromatic N) is 1. The summed E-state index contributed by atoms with van der Waals surface area (Å²) in [6.45, 7) is 5.41. The van der Waals surface area contributed by atoms with Gasteiger partial charge in [-0.3, -0.25) is 0 Å². The molecular weight excluding hydrogens is 344 g/mol. The highest BCUT2D eigenvalue weighted by Crippen LogP contribution is 2.30. The van der Waals surface area contributed by atoms with Gasteiger partial charge in [0.25, 0.3) is 0 Å². The summed E-state index contributed by atoms with van der Waals surface area (Å²) in [5.41, 5.74) is 2.60. The normalized spacial score (nSPS) is 15.2. The molecule has 2 aromatic rings.